The predicted molar refractivity (Wildman–Crippen MR) is 119 cm³/mol. The second kappa shape index (κ2) is 10.6. The minimum Gasteiger partial charge on any atom is -0.341 e. The maximum Gasteiger partial charge on any atom is 0.250 e. The van der Waals surface area contributed by atoms with Crippen LogP contribution in [-0.4, -0.2) is 36.2 Å². The largest absolute Gasteiger partial charge is 0.341 e. The molecule has 0 heterocycles. The summed E-state index contributed by atoms with van der Waals surface area (Å²) in [5, 5.41) is 5.71. The van der Waals surface area contributed by atoms with Crippen molar-refractivity contribution < 1.29 is 14.4 Å². The van der Waals surface area contributed by atoms with Gasteiger partial charge in [-0.3, -0.25) is 14.4 Å². The number of carbonyl (C=O) groups excluding carboxylic acids is 3. The van der Waals surface area contributed by atoms with Crippen molar-refractivity contribution in [2.75, 3.05) is 18.9 Å². The molecular formula is C24H31N3O3. The number of nitrogens with one attached hydrogen (secondary N) is 2. The van der Waals surface area contributed by atoms with E-state index in [1.165, 1.54) is 4.90 Å². The van der Waals surface area contributed by atoms with E-state index in [0.717, 1.165) is 16.8 Å². The molecule has 0 aliphatic rings. The summed E-state index contributed by atoms with van der Waals surface area (Å²) in [6, 6.07) is 14.0. The molecule has 1 unspecified atom stereocenters. The van der Waals surface area contributed by atoms with Crippen molar-refractivity contribution in [2.45, 2.75) is 40.2 Å². The van der Waals surface area contributed by atoms with Crippen LogP contribution in [0.5, 0.6) is 0 Å². The third-order valence-corrected chi connectivity index (χ3v) is 4.78. The first-order chi connectivity index (χ1) is 14.2. The van der Waals surface area contributed by atoms with Crippen LogP contribution in [0.1, 0.15) is 43.0 Å². The summed E-state index contributed by atoms with van der Waals surface area (Å²) in [4.78, 5) is 39.4. The lowest BCUT2D eigenvalue weighted by molar-refractivity contribution is -0.137. The SMILES string of the molecule is Cc1cccc(C)c1NC(=O)CN(C)C(=O)C(NC(=O)CC(C)C)c1ccccc1. The Bertz CT molecular complexity index is 874. The highest BCUT2D eigenvalue weighted by Crippen LogP contribution is 2.20. The Kier molecular flexibility index (Phi) is 8.16. The van der Waals surface area contributed by atoms with Gasteiger partial charge in [0.15, 0.2) is 0 Å². The Morgan fingerprint density at radius 2 is 1.50 bits per heavy atom. The van der Waals surface area contributed by atoms with Gasteiger partial charge in [-0.1, -0.05) is 62.4 Å². The number of hydrogen-bond donors (Lipinski definition) is 2. The number of aryl methyl sites for hydroxylation is 2. The minimum atomic E-state index is -0.838. The predicted octanol–water partition coefficient (Wildman–Crippen LogP) is 3.60. The average molecular weight is 410 g/mol. The number of para-hydroxylation sites is 1. The first-order valence-corrected chi connectivity index (χ1v) is 10.1. The molecule has 0 aromatic heterocycles. The van der Waals surface area contributed by atoms with Crippen LogP contribution in [0.15, 0.2) is 48.5 Å². The minimum absolute atomic E-state index is 0.115. The quantitative estimate of drug-likeness (QED) is 0.699. The van der Waals surface area contributed by atoms with E-state index < -0.39 is 6.04 Å². The summed E-state index contributed by atoms with van der Waals surface area (Å²) in [6.45, 7) is 7.63. The zero-order valence-corrected chi connectivity index (χ0v) is 18.4. The lowest BCUT2D eigenvalue weighted by Gasteiger charge is -2.25. The average Bonchev–Trinajstić information content (AvgIpc) is 2.68. The van der Waals surface area contributed by atoms with Crippen LogP contribution in [0.3, 0.4) is 0 Å². The molecule has 0 saturated heterocycles. The van der Waals surface area contributed by atoms with Crippen LogP contribution in [0.25, 0.3) is 0 Å². The van der Waals surface area contributed by atoms with Gasteiger partial charge in [0.25, 0.3) is 0 Å². The van der Waals surface area contributed by atoms with Crippen molar-refractivity contribution in [3.8, 4) is 0 Å². The van der Waals surface area contributed by atoms with Gasteiger partial charge in [-0.15, -0.1) is 0 Å². The summed E-state index contributed by atoms with van der Waals surface area (Å²) in [5.41, 5.74) is 3.36. The molecular weight excluding hydrogens is 378 g/mol. The third kappa shape index (κ3) is 6.44. The Balaban J connectivity index is 2.12. The van der Waals surface area contributed by atoms with Gasteiger partial charge in [0.05, 0.1) is 6.54 Å². The van der Waals surface area contributed by atoms with Crippen LogP contribution in [0.4, 0.5) is 5.69 Å². The Morgan fingerprint density at radius 3 is 2.07 bits per heavy atom. The number of nitrogens with zero attached hydrogens (tertiary/aromatic N) is 1. The van der Waals surface area contributed by atoms with Crippen molar-refractivity contribution in [2.24, 2.45) is 5.92 Å². The Morgan fingerprint density at radius 1 is 0.900 bits per heavy atom. The standard InChI is InChI=1S/C24H31N3O3/c1-16(2)14-20(28)25-23(19-12-7-6-8-13-19)24(30)27(5)15-21(29)26-22-17(3)10-9-11-18(22)4/h6-13,16,23H,14-15H2,1-5H3,(H,25,28)(H,26,29). The fraction of sp³-hybridized carbons (Fsp3) is 0.375. The molecule has 3 amide bonds. The van der Waals surface area contributed by atoms with Gasteiger partial charge in [-0.05, 0) is 36.5 Å². The van der Waals surface area contributed by atoms with Crippen molar-refractivity contribution in [1.29, 1.82) is 0 Å². The van der Waals surface area contributed by atoms with Crippen LogP contribution in [-0.2, 0) is 14.4 Å². The summed E-state index contributed by atoms with van der Waals surface area (Å²) in [6.07, 6.45) is 0.327. The molecule has 0 saturated carbocycles. The van der Waals surface area contributed by atoms with Gasteiger partial charge >= 0.3 is 0 Å². The van der Waals surface area contributed by atoms with Crippen molar-refractivity contribution in [3.63, 3.8) is 0 Å². The lowest BCUT2D eigenvalue weighted by atomic mass is 10.0. The molecule has 6 nitrogen and oxygen atoms in total. The highest BCUT2D eigenvalue weighted by molar-refractivity contribution is 5.97. The van der Waals surface area contributed by atoms with Gasteiger partial charge in [-0.25, -0.2) is 0 Å². The van der Waals surface area contributed by atoms with Crippen LogP contribution in [0, 0.1) is 19.8 Å². The lowest BCUT2D eigenvalue weighted by Crippen LogP contribution is -2.44. The van der Waals surface area contributed by atoms with Crippen LogP contribution >= 0.6 is 0 Å². The van der Waals surface area contributed by atoms with Crippen molar-refractivity contribution >= 4 is 23.4 Å². The van der Waals surface area contributed by atoms with E-state index in [1.807, 2.05) is 64.1 Å². The Hall–Kier alpha value is -3.15. The first-order valence-electron chi connectivity index (χ1n) is 10.1. The molecule has 0 spiro atoms. The highest BCUT2D eigenvalue weighted by atomic mass is 16.2. The summed E-state index contributed by atoms with van der Waals surface area (Å²) >= 11 is 0. The maximum atomic E-state index is 13.1. The second-order valence-electron chi connectivity index (χ2n) is 8.02. The zero-order chi connectivity index (χ0) is 22.3. The molecule has 0 bridgehead atoms. The summed E-state index contributed by atoms with van der Waals surface area (Å²) in [7, 11) is 1.57. The number of hydrogen-bond acceptors (Lipinski definition) is 3. The van der Waals surface area contributed by atoms with Crippen molar-refractivity contribution in [3.05, 3.63) is 65.2 Å². The summed E-state index contributed by atoms with van der Waals surface area (Å²) in [5.74, 6) is -0.642. The Labute approximate surface area is 178 Å². The second-order valence-corrected chi connectivity index (χ2v) is 8.02. The van der Waals surface area contributed by atoms with Gasteiger partial charge in [0.1, 0.15) is 6.04 Å². The molecule has 2 N–H and O–H groups in total. The van der Waals surface area contributed by atoms with E-state index in [1.54, 1.807) is 19.2 Å². The van der Waals surface area contributed by atoms with Gasteiger partial charge in [-0.2, -0.15) is 0 Å². The van der Waals surface area contributed by atoms with Gasteiger partial charge in [0, 0.05) is 19.2 Å². The number of benzene rings is 2. The van der Waals surface area contributed by atoms with E-state index in [4.69, 9.17) is 0 Å². The fourth-order valence-electron chi connectivity index (χ4n) is 3.23. The number of likely N-dealkylation sites (N-methyl/N-ethyl adjacent to an activating group) is 1. The normalized spacial score (nSPS) is 11.7. The topological polar surface area (TPSA) is 78.5 Å². The summed E-state index contributed by atoms with van der Waals surface area (Å²) < 4.78 is 0. The van der Waals surface area contributed by atoms with E-state index in [9.17, 15) is 14.4 Å². The third-order valence-electron chi connectivity index (χ3n) is 4.78. The number of rotatable bonds is 8. The zero-order valence-electron chi connectivity index (χ0n) is 18.4. The molecule has 2 rings (SSSR count). The van der Waals surface area contributed by atoms with E-state index >= 15 is 0 Å². The number of carbonyl (C=O) groups is 3. The molecule has 6 heteroatoms. The van der Waals surface area contributed by atoms with E-state index in [2.05, 4.69) is 10.6 Å². The van der Waals surface area contributed by atoms with Gasteiger partial charge in [0.2, 0.25) is 17.7 Å². The molecule has 0 aliphatic heterocycles. The highest BCUT2D eigenvalue weighted by Gasteiger charge is 2.27. The molecule has 160 valence electrons. The van der Waals surface area contributed by atoms with Crippen LogP contribution < -0.4 is 10.6 Å². The molecule has 2 aromatic rings. The molecule has 0 aliphatic carbocycles. The number of amides is 3. The maximum absolute atomic E-state index is 13.1. The smallest absolute Gasteiger partial charge is 0.250 e. The van der Waals surface area contributed by atoms with E-state index in [0.29, 0.717) is 12.0 Å². The molecule has 2 aromatic carbocycles. The first kappa shape index (κ1) is 23.1. The molecule has 0 fully saturated rings. The van der Waals surface area contributed by atoms with Gasteiger partial charge < -0.3 is 15.5 Å². The monoisotopic (exact) mass is 409 g/mol. The number of anilines is 1. The molecule has 1 atom stereocenters. The van der Waals surface area contributed by atoms with E-state index in [-0.39, 0.29) is 30.2 Å². The van der Waals surface area contributed by atoms with Crippen molar-refractivity contribution in [1.82, 2.24) is 10.2 Å². The van der Waals surface area contributed by atoms with Crippen LogP contribution in [0.2, 0.25) is 0 Å². The molecule has 0 radical (unpaired) electrons. The molecule has 30 heavy (non-hydrogen) atoms. The fourth-order valence-corrected chi connectivity index (χ4v) is 3.23.